The Labute approximate surface area is 135 Å². The lowest BCUT2D eigenvalue weighted by Crippen LogP contribution is -2.27. The summed E-state index contributed by atoms with van der Waals surface area (Å²) in [4.78, 5) is 14.6. The number of hydrogen-bond donors (Lipinski definition) is 1. The molecule has 0 bridgehead atoms. The first-order valence-electron chi connectivity index (χ1n) is 7.04. The molecule has 6 heteroatoms. The number of carboxylic acid groups (broad SMARTS) is 1. The van der Waals surface area contributed by atoms with Crippen molar-refractivity contribution in [1.82, 2.24) is 0 Å². The van der Waals surface area contributed by atoms with Gasteiger partial charge in [0.25, 0.3) is 0 Å². The summed E-state index contributed by atoms with van der Waals surface area (Å²) in [5, 5.41) is 20.0. The number of nitrogens with zero attached hydrogens (tertiary/aromatic N) is 1. The van der Waals surface area contributed by atoms with Crippen molar-refractivity contribution in [3.05, 3.63) is 65.7 Å². The predicted octanol–water partition coefficient (Wildman–Crippen LogP) is 1.15. The van der Waals surface area contributed by atoms with Crippen LogP contribution in [0.5, 0.6) is 5.75 Å². The van der Waals surface area contributed by atoms with Crippen LogP contribution in [0.25, 0.3) is 0 Å². The monoisotopic (exact) mass is 308 g/mol. The minimum absolute atomic E-state index is 0.0310. The fourth-order valence-corrected chi connectivity index (χ4v) is 2.10. The lowest BCUT2D eigenvalue weighted by Gasteiger charge is -2.15. The zero-order chi connectivity index (χ0) is 16.7. The average Bonchev–Trinajstić information content (AvgIpc) is 2.54. The highest BCUT2D eigenvalue weighted by molar-refractivity contribution is 6.55. The summed E-state index contributed by atoms with van der Waals surface area (Å²) >= 11 is 0. The quantitative estimate of drug-likeness (QED) is 0.472. The molecule has 0 saturated heterocycles. The van der Waals surface area contributed by atoms with Crippen LogP contribution in [-0.4, -0.2) is 30.8 Å². The smallest absolute Gasteiger partial charge is 0.328 e. The second-order valence-corrected chi connectivity index (χ2v) is 4.91. The molecule has 0 aliphatic rings. The van der Waals surface area contributed by atoms with Gasteiger partial charge in [-0.1, -0.05) is 54.3 Å². The van der Waals surface area contributed by atoms with Crippen molar-refractivity contribution >= 4 is 19.6 Å². The van der Waals surface area contributed by atoms with E-state index in [-0.39, 0.29) is 6.42 Å². The van der Waals surface area contributed by atoms with Crippen LogP contribution in [0.1, 0.15) is 11.1 Å². The van der Waals surface area contributed by atoms with Gasteiger partial charge in [0.15, 0.2) is 0 Å². The molecule has 5 nitrogen and oxygen atoms in total. The summed E-state index contributed by atoms with van der Waals surface area (Å²) in [6.07, 6.45) is 0.0310. The van der Waals surface area contributed by atoms with Crippen LogP contribution in [0.2, 0.25) is 0 Å². The van der Waals surface area contributed by atoms with E-state index in [1.165, 1.54) is 0 Å². The summed E-state index contributed by atoms with van der Waals surface area (Å²) in [6, 6.07) is 15.4. The van der Waals surface area contributed by atoms with E-state index < -0.39 is 17.8 Å². The van der Waals surface area contributed by atoms with Crippen molar-refractivity contribution in [3.8, 4) is 5.75 Å². The Bertz CT molecular complexity index is 684. The van der Waals surface area contributed by atoms with E-state index in [2.05, 4.69) is 4.99 Å². The highest BCUT2D eigenvalue weighted by Gasteiger charge is 2.18. The summed E-state index contributed by atoms with van der Waals surface area (Å²) < 4.78 is 5.76. The molecule has 116 valence electrons. The molecule has 1 N–H and O–H groups in total. The molecule has 0 amide bonds. The van der Waals surface area contributed by atoms with Crippen LogP contribution in [-0.2, 0) is 17.8 Å². The molecule has 2 radical (unpaired) electrons. The lowest BCUT2D eigenvalue weighted by atomic mass is 10.0. The number of aliphatic carboxylic acids is 1. The second kappa shape index (κ2) is 8.03. The van der Waals surface area contributed by atoms with Crippen molar-refractivity contribution in [2.45, 2.75) is 19.1 Å². The van der Waals surface area contributed by atoms with E-state index in [9.17, 15) is 9.90 Å². The van der Waals surface area contributed by atoms with Gasteiger partial charge in [-0.2, -0.15) is 0 Å². The number of rotatable bonds is 7. The molecule has 0 heterocycles. The largest absolute Gasteiger partial charge is 0.870 e. The number of para-hydroxylation sites is 1. The first kappa shape index (κ1) is 16.6. The Morgan fingerprint density at radius 3 is 2.48 bits per heavy atom. The van der Waals surface area contributed by atoms with E-state index >= 15 is 0 Å². The van der Waals surface area contributed by atoms with Gasteiger partial charge in [-0.25, -0.2) is 4.79 Å². The van der Waals surface area contributed by atoms with Gasteiger partial charge in [-0.15, -0.1) is 0 Å². The van der Waals surface area contributed by atoms with Crippen LogP contribution >= 0.6 is 0 Å². The Morgan fingerprint density at radius 2 is 1.83 bits per heavy atom. The minimum atomic E-state index is -1.23. The molecule has 2 aromatic carbocycles. The van der Waals surface area contributed by atoms with Gasteiger partial charge in [0.1, 0.15) is 26.2 Å². The summed E-state index contributed by atoms with van der Waals surface area (Å²) in [5.74, 6) is -1.65. The van der Waals surface area contributed by atoms with E-state index in [1.807, 2.05) is 30.3 Å². The molecule has 0 saturated carbocycles. The first-order valence-corrected chi connectivity index (χ1v) is 7.04. The SMILES string of the molecule is [B]C([O-])=N[C@H](Cc1ccccc1OCc1ccccc1)C(=O)O. The van der Waals surface area contributed by atoms with Gasteiger partial charge in [-0.05, 0) is 17.2 Å². The standard InChI is InChI=1S/C17H16BNO4/c18-17(22)19-14(16(20)21)10-13-8-4-5-9-15(13)23-11-12-6-2-1-3-7-12/h1-9,14H,10-11H2,(H,19,22)(H,20,21)/p-1/t14-/m1/s1. The van der Waals surface area contributed by atoms with Crippen molar-refractivity contribution in [1.29, 1.82) is 0 Å². The number of ether oxygens (including phenoxy) is 1. The molecule has 0 fully saturated rings. The summed E-state index contributed by atoms with van der Waals surface area (Å²) in [6.45, 7) is 0.364. The molecule has 0 aliphatic carbocycles. The zero-order valence-corrected chi connectivity index (χ0v) is 12.4. The minimum Gasteiger partial charge on any atom is -0.870 e. The summed E-state index contributed by atoms with van der Waals surface area (Å²) in [7, 11) is 4.96. The molecule has 0 aliphatic heterocycles. The highest BCUT2D eigenvalue weighted by Crippen LogP contribution is 2.22. The number of hydrogen-bond acceptors (Lipinski definition) is 4. The molecule has 2 rings (SSSR count). The van der Waals surface area contributed by atoms with Crippen molar-refractivity contribution in [2.75, 3.05) is 0 Å². The van der Waals surface area contributed by atoms with Gasteiger partial charge in [0, 0.05) is 6.42 Å². The molecule has 2 aromatic rings. The van der Waals surface area contributed by atoms with E-state index in [0.717, 1.165) is 5.56 Å². The Balaban J connectivity index is 2.13. The Kier molecular flexibility index (Phi) is 5.80. The summed E-state index contributed by atoms with van der Waals surface area (Å²) in [5.41, 5.74) is 1.65. The van der Waals surface area contributed by atoms with E-state index in [1.54, 1.807) is 24.3 Å². The lowest BCUT2D eigenvalue weighted by molar-refractivity contribution is -0.208. The number of aliphatic imine (C=N–C) groups is 1. The predicted molar refractivity (Wildman–Crippen MR) is 85.5 cm³/mol. The number of carbonyl (C=O) groups is 1. The van der Waals surface area contributed by atoms with Crippen molar-refractivity contribution < 1.29 is 19.7 Å². The van der Waals surface area contributed by atoms with E-state index in [4.69, 9.17) is 17.7 Å². The molecule has 1 atom stereocenters. The van der Waals surface area contributed by atoms with Crippen LogP contribution in [0.4, 0.5) is 0 Å². The molecular formula is C17H15BNO4-. The maximum Gasteiger partial charge on any atom is 0.328 e. The number of carboxylic acids is 1. The average molecular weight is 308 g/mol. The zero-order valence-electron chi connectivity index (χ0n) is 12.4. The van der Waals surface area contributed by atoms with Crippen molar-refractivity contribution in [2.24, 2.45) is 4.99 Å². The van der Waals surface area contributed by atoms with Gasteiger partial charge in [0.05, 0.1) is 0 Å². The third kappa shape index (κ3) is 5.18. The van der Waals surface area contributed by atoms with Crippen LogP contribution in [0, 0.1) is 0 Å². The van der Waals surface area contributed by atoms with Gasteiger partial charge in [0.2, 0.25) is 0 Å². The first-order chi connectivity index (χ1) is 11.1. The molecule has 0 unspecified atom stereocenters. The topological polar surface area (TPSA) is 82.0 Å². The second-order valence-electron chi connectivity index (χ2n) is 4.91. The van der Waals surface area contributed by atoms with Crippen molar-refractivity contribution in [3.63, 3.8) is 0 Å². The van der Waals surface area contributed by atoms with E-state index in [0.29, 0.717) is 17.9 Å². The highest BCUT2D eigenvalue weighted by atomic mass is 16.5. The maximum absolute atomic E-state index is 11.2. The van der Waals surface area contributed by atoms with Gasteiger partial charge >= 0.3 is 5.97 Å². The third-order valence-electron chi connectivity index (χ3n) is 3.19. The van der Waals surface area contributed by atoms with Crippen LogP contribution in [0.15, 0.2) is 59.6 Å². The Morgan fingerprint density at radius 1 is 1.17 bits per heavy atom. The molecule has 0 spiro atoms. The fourth-order valence-electron chi connectivity index (χ4n) is 2.10. The fraction of sp³-hybridized carbons (Fsp3) is 0.176. The molecule has 23 heavy (non-hydrogen) atoms. The maximum atomic E-state index is 11.2. The number of benzene rings is 2. The molecule has 0 aromatic heterocycles. The van der Waals surface area contributed by atoms with Gasteiger partial charge in [-0.3, -0.25) is 0 Å². The molecular weight excluding hydrogens is 293 g/mol. The third-order valence-corrected chi connectivity index (χ3v) is 3.19. The normalized spacial score (nSPS) is 12.6. The van der Waals surface area contributed by atoms with Crippen LogP contribution < -0.4 is 9.84 Å². The van der Waals surface area contributed by atoms with Crippen LogP contribution in [0.3, 0.4) is 0 Å². The van der Waals surface area contributed by atoms with Gasteiger partial charge < -0.3 is 19.9 Å². The Hall–Kier alpha value is -2.76.